The number of hydrogen-bond acceptors (Lipinski definition) is 4. The summed E-state index contributed by atoms with van der Waals surface area (Å²) in [7, 11) is 0. The van der Waals surface area contributed by atoms with Gasteiger partial charge < -0.3 is 20.3 Å². The first-order valence-corrected chi connectivity index (χ1v) is 9.98. The van der Waals surface area contributed by atoms with Crippen molar-refractivity contribution in [2.45, 2.75) is 39.2 Å². The summed E-state index contributed by atoms with van der Waals surface area (Å²) in [5.74, 6) is 0.102. The zero-order chi connectivity index (χ0) is 21.3. The second-order valence-corrected chi connectivity index (χ2v) is 8.17. The van der Waals surface area contributed by atoms with Gasteiger partial charge in [-0.25, -0.2) is 4.79 Å². The molecule has 0 aliphatic carbocycles. The number of carbonyl (C=O) groups is 3. The molecule has 1 aromatic carbocycles. The van der Waals surface area contributed by atoms with Crippen LogP contribution in [0.5, 0.6) is 0 Å². The van der Waals surface area contributed by atoms with Gasteiger partial charge in [0.05, 0.1) is 0 Å². The molecule has 29 heavy (non-hydrogen) atoms. The molecule has 0 aromatic heterocycles. The molecule has 7 nitrogen and oxygen atoms in total. The van der Waals surface area contributed by atoms with E-state index in [1.54, 1.807) is 31.7 Å². The smallest absolute Gasteiger partial charge is 0.408 e. The summed E-state index contributed by atoms with van der Waals surface area (Å²) in [6, 6.07) is 9.66. The van der Waals surface area contributed by atoms with Crippen LogP contribution >= 0.6 is 0 Å². The summed E-state index contributed by atoms with van der Waals surface area (Å²) >= 11 is 0. The molecular formula is C22H31N3O4. The van der Waals surface area contributed by atoms with Gasteiger partial charge in [-0.2, -0.15) is 0 Å². The molecule has 2 rings (SSSR count). The molecule has 0 unspecified atom stereocenters. The number of rotatable bonds is 6. The van der Waals surface area contributed by atoms with Crippen LogP contribution in [0, 0.1) is 5.92 Å². The predicted molar refractivity (Wildman–Crippen MR) is 112 cm³/mol. The molecule has 3 amide bonds. The van der Waals surface area contributed by atoms with Crippen LogP contribution in [0.15, 0.2) is 36.4 Å². The molecule has 2 N–H and O–H groups in total. The Morgan fingerprint density at radius 2 is 1.76 bits per heavy atom. The minimum Gasteiger partial charge on any atom is -0.444 e. The Balaban J connectivity index is 1.64. The lowest BCUT2D eigenvalue weighted by Gasteiger charge is -2.32. The van der Waals surface area contributed by atoms with Crippen LogP contribution in [0.2, 0.25) is 0 Å². The number of nitrogens with one attached hydrogen (secondary N) is 2. The van der Waals surface area contributed by atoms with Crippen LogP contribution in [0.25, 0.3) is 6.08 Å². The molecule has 0 bridgehead atoms. The molecule has 1 heterocycles. The van der Waals surface area contributed by atoms with E-state index in [0.29, 0.717) is 25.6 Å². The van der Waals surface area contributed by atoms with Crippen molar-refractivity contribution >= 4 is 24.0 Å². The molecule has 1 saturated heterocycles. The predicted octanol–water partition coefficient (Wildman–Crippen LogP) is 2.58. The average Bonchev–Trinajstić information content (AvgIpc) is 2.69. The second-order valence-electron chi connectivity index (χ2n) is 8.17. The zero-order valence-electron chi connectivity index (χ0n) is 17.4. The highest BCUT2D eigenvalue weighted by Gasteiger charge is 2.24. The topological polar surface area (TPSA) is 87.7 Å². The van der Waals surface area contributed by atoms with Gasteiger partial charge in [0.25, 0.3) is 0 Å². The summed E-state index contributed by atoms with van der Waals surface area (Å²) in [5, 5.41) is 5.42. The van der Waals surface area contributed by atoms with Crippen molar-refractivity contribution in [3.05, 3.63) is 42.0 Å². The molecular weight excluding hydrogens is 370 g/mol. The maximum atomic E-state index is 12.2. The number of alkyl carbamates (subject to hydrolysis) is 1. The molecule has 1 aromatic rings. The fraction of sp³-hybridized carbons (Fsp3) is 0.500. The SMILES string of the molecule is CC(C)(C)OC(=O)NCC(=O)N1CCC(CNC(=O)/C=C/c2ccccc2)CC1. The molecule has 0 saturated carbocycles. The minimum absolute atomic E-state index is 0.0689. The van der Waals surface area contributed by atoms with Crippen molar-refractivity contribution in [2.75, 3.05) is 26.2 Å². The van der Waals surface area contributed by atoms with E-state index in [9.17, 15) is 14.4 Å². The van der Waals surface area contributed by atoms with Gasteiger partial charge in [0.1, 0.15) is 12.1 Å². The third-order valence-corrected chi connectivity index (χ3v) is 4.54. The molecule has 0 spiro atoms. The normalized spacial score (nSPS) is 15.2. The van der Waals surface area contributed by atoms with Gasteiger partial charge in [0.2, 0.25) is 11.8 Å². The second kappa shape index (κ2) is 10.6. The Labute approximate surface area is 172 Å². The van der Waals surface area contributed by atoms with Crippen LogP contribution in [-0.2, 0) is 14.3 Å². The molecule has 1 fully saturated rings. The van der Waals surface area contributed by atoms with Gasteiger partial charge in [0.15, 0.2) is 0 Å². The van der Waals surface area contributed by atoms with E-state index in [1.807, 2.05) is 30.3 Å². The average molecular weight is 402 g/mol. The highest BCUT2D eigenvalue weighted by atomic mass is 16.6. The van der Waals surface area contributed by atoms with Crippen LogP contribution in [0.4, 0.5) is 4.79 Å². The van der Waals surface area contributed by atoms with Gasteiger partial charge in [0, 0.05) is 25.7 Å². The third-order valence-electron chi connectivity index (χ3n) is 4.54. The number of likely N-dealkylation sites (tertiary alicyclic amines) is 1. The summed E-state index contributed by atoms with van der Waals surface area (Å²) < 4.78 is 5.13. The standard InChI is InChI=1S/C22H31N3O4/c1-22(2,3)29-21(28)24-16-20(27)25-13-11-18(12-14-25)15-23-19(26)10-9-17-7-5-4-6-8-17/h4-10,18H,11-16H2,1-3H3,(H,23,26)(H,24,28)/b10-9+. The monoisotopic (exact) mass is 401 g/mol. The highest BCUT2D eigenvalue weighted by Crippen LogP contribution is 2.16. The van der Waals surface area contributed by atoms with Crippen molar-refractivity contribution in [3.8, 4) is 0 Å². The van der Waals surface area contributed by atoms with Crippen molar-refractivity contribution < 1.29 is 19.1 Å². The number of amides is 3. The lowest BCUT2D eigenvalue weighted by molar-refractivity contribution is -0.131. The van der Waals surface area contributed by atoms with E-state index in [0.717, 1.165) is 18.4 Å². The van der Waals surface area contributed by atoms with Crippen molar-refractivity contribution in [2.24, 2.45) is 5.92 Å². The van der Waals surface area contributed by atoms with E-state index < -0.39 is 11.7 Å². The van der Waals surface area contributed by atoms with E-state index in [4.69, 9.17) is 4.74 Å². The molecule has 0 atom stereocenters. The van der Waals surface area contributed by atoms with Crippen LogP contribution in [0.3, 0.4) is 0 Å². The first-order chi connectivity index (χ1) is 13.7. The molecule has 0 radical (unpaired) electrons. The molecule has 1 aliphatic rings. The number of carbonyl (C=O) groups excluding carboxylic acids is 3. The van der Waals surface area contributed by atoms with Crippen LogP contribution in [-0.4, -0.2) is 54.6 Å². The van der Waals surface area contributed by atoms with Crippen LogP contribution in [0.1, 0.15) is 39.2 Å². The maximum absolute atomic E-state index is 12.2. The van der Waals surface area contributed by atoms with Crippen LogP contribution < -0.4 is 10.6 Å². The number of benzene rings is 1. The van der Waals surface area contributed by atoms with Gasteiger partial charge in [-0.15, -0.1) is 0 Å². The number of nitrogens with zero attached hydrogens (tertiary/aromatic N) is 1. The third kappa shape index (κ3) is 8.81. The molecule has 7 heteroatoms. The summed E-state index contributed by atoms with van der Waals surface area (Å²) in [6.07, 6.45) is 4.37. The van der Waals surface area contributed by atoms with Crippen molar-refractivity contribution in [1.29, 1.82) is 0 Å². The van der Waals surface area contributed by atoms with Crippen molar-refractivity contribution in [3.63, 3.8) is 0 Å². The maximum Gasteiger partial charge on any atom is 0.408 e. The number of piperidine rings is 1. The number of hydrogen-bond donors (Lipinski definition) is 2. The fourth-order valence-corrected chi connectivity index (χ4v) is 3.00. The van der Waals surface area contributed by atoms with Gasteiger partial charge in [-0.1, -0.05) is 30.3 Å². The summed E-state index contributed by atoms with van der Waals surface area (Å²) in [5.41, 5.74) is 0.390. The van der Waals surface area contributed by atoms with Gasteiger partial charge in [-0.05, 0) is 51.2 Å². The summed E-state index contributed by atoms with van der Waals surface area (Å²) in [6.45, 7) is 7.08. The van der Waals surface area contributed by atoms with E-state index in [2.05, 4.69) is 10.6 Å². The van der Waals surface area contributed by atoms with Gasteiger partial charge in [-0.3, -0.25) is 9.59 Å². The Morgan fingerprint density at radius 1 is 1.10 bits per heavy atom. The Kier molecular flexibility index (Phi) is 8.24. The lowest BCUT2D eigenvalue weighted by Crippen LogP contribution is -2.46. The van der Waals surface area contributed by atoms with E-state index in [1.165, 1.54) is 6.08 Å². The zero-order valence-corrected chi connectivity index (χ0v) is 17.4. The first-order valence-electron chi connectivity index (χ1n) is 9.98. The molecule has 158 valence electrons. The van der Waals surface area contributed by atoms with Gasteiger partial charge >= 0.3 is 6.09 Å². The van der Waals surface area contributed by atoms with E-state index in [-0.39, 0.29) is 18.4 Å². The Bertz CT molecular complexity index is 717. The van der Waals surface area contributed by atoms with E-state index >= 15 is 0 Å². The number of ether oxygens (including phenoxy) is 1. The highest BCUT2D eigenvalue weighted by molar-refractivity contribution is 5.91. The largest absolute Gasteiger partial charge is 0.444 e. The summed E-state index contributed by atoms with van der Waals surface area (Å²) in [4.78, 5) is 37.6. The molecule has 1 aliphatic heterocycles. The first kappa shape index (κ1) is 22.5. The quantitative estimate of drug-likeness (QED) is 0.717. The lowest BCUT2D eigenvalue weighted by atomic mass is 9.96. The Morgan fingerprint density at radius 3 is 2.38 bits per heavy atom. The fourth-order valence-electron chi connectivity index (χ4n) is 3.00. The van der Waals surface area contributed by atoms with Crippen molar-refractivity contribution in [1.82, 2.24) is 15.5 Å². The Hall–Kier alpha value is -2.83. The minimum atomic E-state index is -0.591.